The molecule has 2 atom stereocenters. The highest BCUT2D eigenvalue weighted by molar-refractivity contribution is 5.24. The molecule has 0 radical (unpaired) electrons. The Morgan fingerprint density at radius 2 is 1.80 bits per heavy atom. The number of rotatable bonds is 5. The zero-order chi connectivity index (χ0) is 11.3. The summed E-state index contributed by atoms with van der Waals surface area (Å²) in [5.41, 5.74) is 1.43. The number of aliphatic hydroxyl groups is 3. The van der Waals surface area contributed by atoms with Crippen molar-refractivity contribution in [3.8, 4) is 0 Å². The summed E-state index contributed by atoms with van der Waals surface area (Å²) in [7, 11) is 1.71. The van der Waals surface area contributed by atoms with Crippen molar-refractivity contribution in [1.82, 2.24) is 5.32 Å². The van der Waals surface area contributed by atoms with Crippen LogP contribution in [0.4, 0.5) is 0 Å². The van der Waals surface area contributed by atoms with E-state index >= 15 is 0 Å². The first kappa shape index (κ1) is 12.1. The maximum atomic E-state index is 9.73. The van der Waals surface area contributed by atoms with Crippen LogP contribution in [-0.4, -0.2) is 35.0 Å². The molecule has 0 spiro atoms. The van der Waals surface area contributed by atoms with Gasteiger partial charge in [0.25, 0.3) is 0 Å². The van der Waals surface area contributed by atoms with Crippen molar-refractivity contribution in [2.75, 3.05) is 13.6 Å². The van der Waals surface area contributed by atoms with E-state index in [9.17, 15) is 10.2 Å². The molecule has 0 fully saturated rings. The fourth-order valence-electron chi connectivity index (χ4n) is 1.36. The summed E-state index contributed by atoms with van der Waals surface area (Å²) in [6.07, 6.45) is -1.72. The van der Waals surface area contributed by atoms with Crippen LogP contribution in [-0.2, 0) is 6.61 Å². The lowest BCUT2D eigenvalue weighted by Crippen LogP contribution is -2.29. The highest BCUT2D eigenvalue weighted by atomic mass is 16.3. The minimum atomic E-state index is -0.898. The van der Waals surface area contributed by atoms with Crippen LogP contribution in [0, 0.1) is 0 Å². The summed E-state index contributed by atoms with van der Waals surface area (Å²) in [6.45, 7) is 0.318. The summed E-state index contributed by atoms with van der Waals surface area (Å²) in [4.78, 5) is 0. The molecule has 0 amide bonds. The van der Waals surface area contributed by atoms with Crippen molar-refractivity contribution in [2.45, 2.75) is 18.8 Å². The molecule has 0 heterocycles. The predicted molar refractivity (Wildman–Crippen MR) is 57.3 cm³/mol. The molecule has 15 heavy (non-hydrogen) atoms. The number of hydrogen-bond donors (Lipinski definition) is 4. The highest BCUT2D eigenvalue weighted by Gasteiger charge is 2.16. The van der Waals surface area contributed by atoms with E-state index < -0.39 is 12.2 Å². The Morgan fingerprint density at radius 1 is 1.20 bits per heavy atom. The second-order valence-corrected chi connectivity index (χ2v) is 3.47. The van der Waals surface area contributed by atoms with E-state index in [0.29, 0.717) is 12.1 Å². The molecule has 2 unspecified atom stereocenters. The van der Waals surface area contributed by atoms with E-state index in [1.54, 1.807) is 31.3 Å². The van der Waals surface area contributed by atoms with Gasteiger partial charge in [0.2, 0.25) is 0 Å². The van der Waals surface area contributed by atoms with Gasteiger partial charge in [0.15, 0.2) is 0 Å². The van der Waals surface area contributed by atoms with Gasteiger partial charge < -0.3 is 20.6 Å². The van der Waals surface area contributed by atoms with Gasteiger partial charge in [-0.2, -0.15) is 0 Å². The van der Waals surface area contributed by atoms with Gasteiger partial charge in [-0.05, 0) is 18.2 Å². The normalized spacial score (nSPS) is 14.9. The van der Waals surface area contributed by atoms with Crippen LogP contribution in [0.1, 0.15) is 17.2 Å². The van der Waals surface area contributed by atoms with Crippen molar-refractivity contribution in [3.05, 3.63) is 35.4 Å². The van der Waals surface area contributed by atoms with Crippen molar-refractivity contribution < 1.29 is 15.3 Å². The predicted octanol–water partition coefficient (Wildman–Crippen LogP) is -0.207. The third-order valence-electron chi connectivity index (χ3n) is 2.28. The average Bonchev–Trinajstić information content (AvgIpc) is 2.28. The Morgan fingerprint density at radius 3 is 2.27 bits per heavy atom. The first-order chi connectivity index (χ1) is 7.19. The smallest absolute Gasteiger partial charge is 0.106 e. The molecular weight excluding hydrogens is 194 g/mol. The van der Waals surface area contributed by atoms with Crippen LogP contribution < -0.4 is 5.32 Å². The second-order valence-electron chi connectivity index (χ2n) is 3.47. The molecule has 4 N–H and O–H groups in total. The molecule has 1 rings (SSSR count). The number of hydrogen-bond acceptors (Lipinski definition) is 4. The fraction of sp³-hybridized carbons (Fsp3) is 0.455. The van der Waals surface area contributed by atoms with Gasteiger partial charge in [-0.3, -0.25) is 0 Å². The molecule has 0 aromatic heterocycles. The average molecular weight is 211 g/mol. The van der Waals surface area contributed by atoms with Gasteiger partial charge in [-0.15, -0.1) is 0 Å². The van der Waals surface area contributed by atoms with Gasteiger partial charge in [0, 0.05) is 6.54 Å². The molecule has 4 nitrogen and oxygen atoms in total. The third-order valence-corrected chi connectivity index (χ3v) is 2.28. The van der Waals surface area contributed by atoms with Crippen LogP contribution in [0.3, 0.4) is 0 Å². The molecule has 0 aliphatic rings. The zero-order valence-corrected chi connectivity index (χ0v) is 8.72. The van der Waals surface area contributed by atoms with Crippen LogP contribution >= 0.6 is 0 Å². The molecule has 4 heteroatoms. The van der Waals surface area contributed by atoms with Gasteiger partial charge in [0.05, 0.1) is 12.7 Å². The molecular formula is C11H17NO3. The first-order valence-corrected chi connectivity index (χ1v) is 4.89. The van der Waals surface area contributed by atoms with Crippen LogP contribution in [0.5, 0.6) is 0 Å². The fourth-order valence-corrected chi connectivity index (χ4v) is 1.36. The van der Waals surface area contributed by atoms with Crippen LogP contribution in [0.2, 0.25) is 0 Å². The Bertz CT molecular complexity index is 286. The topological polar surface area (TPSA) is 72.7 Å². The molecule has 1 aromatic rings. The minimum absolute atomic E-state index is 0.0184. The lowest BCUT2D eigenvalue weighted by Gasteiger charge is -2.17. The Labute approximate surface area is 89.2 Å². The summed E-state index contributed by atoms with van der Waals surface area (Å²) in [6, 6.07) is 6.86. The van der Waals surface area contributed by atoms with Crippen molar-refractivity contribution >= 4 is 0 Å². The molecule has 0 aliphatic heterocycles. The molecule has 84 valence electrons. The van der Waals surface area contributed by atoms with Crippen LogP contribution in [0.25, 0.3) is 0 Å². The largest absolute Gasteiger partial charge is 0.392 e. The molecule has 0 saturated heterocycles. The van der Waals surface area contributed by atoms with Gasteiger partial charge in [-0.25, -0.2) is 0 Å². The lowest BCUT2D eigenvalue weighted by molar-refractivity contribution is 0.0202. The quantitative estimate of drug-likeness (QED) is 0.544. The molecule has 0 saturated carbocycles. The number of nitrogens with one attached hydrogen (secondary N) is 1. The zero-order valence-electron chi connectivity index (χ0n) is 8.72. The van der Waals surface area contributed by atoms with E-state index in [4.69, 9.17) is 5.11 Å². The van der Waals surface area contributed by atoms with Gasteiger partial charge in [-0.1, -0.05) is 24.3 Å². The minimum Gasteiger partial charge on any atom is -0.392 e. The molecule has 1 aromatic carbocycles. The summed E-state index contributed by atoms with van der Waals surface area (Å²) in [5, 5.41) is 30.9. The summed E-state index contributed by atoms with van der Waals surface area (Å²) in [5.74, 6) is 0. The first-order valence-electron chi connectivity index (χ1n) is 4.89. The van der Waals surface area contributed by atoms with E-state index in [1.165, 1.54) is 0 Å². The monoisotopic (exact) mass is 211 g/mol. The number of likely N-dealkylation sites (N-methyl/N-ethyl adjacent to an activating group) is 1. The molecule has 0 bridgehead atoms. The summed E-state index contributed by atoms with van der Waals surface area (Å²) < 4.78 is 0. The maximum absolute atomic E-state index is 9.73. The van der Waals surface area contributed by atoms with Crippen LogP contribution in [0.15, 0.2) is 24.3 Å². The summed E-state index contributed by atoms with van der Waals surface area (Å²) >= 11 is 0. The van der Waals surface area contributed by atoms with E-state index in [1.807, 2.05) is 0 Å². The number of benzene rings is 1. The standard InChI is InChI=1S/C11H17NO3/c1-12-6-10(14)11(15)9-4-2-8(7-13)3-5-9/h2-5,10-15H,6-7H2,1H3. The van der Waals surface area contributed by atoms with Gasteiger partial charge >= 0.3 is 0 Å². The Balaban J connectivity index is 2.69. The number of aliphatic hydroxyl groups excluding tert-OH is 3. The second kappa shape index (κ2) is 5.82. The van der Waals surface area contributed by atoms with Gasteiger partial charge in [0.1, 0.15) is 6.10 Å². The van der Waals surface area contributed by atoms with Crippen molar-refractivity contribution in [3.63, 3.8) is 0 Å². The van der Waals surface area contributed by atoms with Crippen molar-refractivity contribution in [2.24, 2.45) is 0 Å². The van der Waals surface area contributed by atoms with E-state index in [2.05, 4.69) is 5.32 Å². The molecule has 0 aliphatic carbocycles. The van der Waals surface area contributed by atoms with Crippen molar-refractivity contribution in [1.29, 1.82) is 0 Å². The Kier molecular flexibility index (Phi) is 4.71. The van der Waals surface area contributed by atoms with E-state index in [-0.39, 0.29) is 6.61 Å². The third kappa shape index (κ3) is 3.28. The lowest BCUT2D eigenvalue weighted by atomic mass is 10.0. The SMILES string of the molecule is CNCC(O)C(O)c1ccc(CO)cc1. The van der Waals surface area contributed by atoms with E-state index in [0.717, 1.165) is 5.56 Å². The highest BCUT2D eigenvalue weighted by Crippen LogP contribution is 2.17. The Hall–Kier alpha value is -0.940. The maximum Gasteiger partial charge on any atom is 0.106 e.